The third kappa shape index (κ3) is 7.97. The molecular formula is C26H26BrN3O3S. The Morgan fingerprint density at radius 2 is 1.68 bits per heavy atom. The first kappa shape index (κ1) is 25.4. The zero-order valence-electron chi connectivity index (χ0n) is 18.8. The molecule has 0 heterocycles. The number of rotatable bonds is 9. The molecule has 0 radical (unpaired) electrons. The monoisotopic (exact) mass is 539 g/mol. The Bertz CT molecular complexity index is 1160. The van der Waals surface area contributed by atoms with E-state index in [0.717, 1.165) is 12.8 Å². The smallest absolute Gasteiger partial charge is 0.257 e. The van der Waals surface area contributed by atoms with Crippen LogP contribution in [0.4, 0.5) is 11.4 Å². The van der Waals surface area contributed by atoms with E-state index in [0.29, 0.717) is 40.2 Å². The second-order valence-electron chi connectivity index (χ2n) is 7.52. The summed E-state index contributed by atoms with van der Waals surface area (Å²) in [6.07, 6.45) is 2.02. The van der Waals surface area contributed by atoms with Crippen molar-refractivity contribution in [2.24, 2.45) is 0 Å². The van der Waals surface area contributed by atoms with E-state index >= 15 is 0 Å². The quantitative estimate of drug-likeness (QED) is 0.293. The fourth-order valence-electron chi connectivity index (χ4n) is 3.15. The third-order valence-corrected chi connectivity index (χ3v) is 5.62. The topological polar surface area (TPSA) is 79.5 Å². The summed E-state index contributed by atoms with van der Waals surface area (Å²) < 4.78 is 6.53. The summed E-state index contributed by atoms with van der Waals surface area (Å²) in [7, 11) is 0. The van der Waals surface area contributed by atoms with Crippen molar-refractivity contribution in [3.05, 3.63) is 88.4 Å². The minimum atomic E-state index is -0.346. The number of hydrogen-bond acceptors (Lipinski definition) is 4. The SMILES string of the molecule is CCCC(=O)Nc1cccc(NC(=S)NC(=O)c2ccc(OCCc3ccccc3)c(Br)c2)c1. The average Bonchev–Trinajstić information content (AvgIpc) is 2.81. The van der Waals surface area contributed by atoms with E-state index in [-0.39, 0.29) is 16.9 Å². The summed E-state index contributed by atoms with van der Waals surface area (Å²) in [6, 6.07) is 22.4. The molecule has 0 aliphatic carbocycles. The molecule has 0 aliphatic rings. The van der Waals surface area contributed by atoms with Crippen LogP contribution in [0.1, 0.15) is 35.7 Å². The Morgan fingerprint density at radius 3 is 2.38 bits per heavy atom. The van der Waals surface area contributed by atoms with E-state index in [1.807, 2.05) is 25.1 Å². The average molecular weight is 540 g/mol. The summed E-state index contributed by atoms with van der Waals surface area (Å²) in [5.41, 5.74) is 2.95. The van der Waals surface area contributed by atoms with Crippen LogP contribution in [0.3, 0.4) is 0 Å². The minimum absolute atomic E-state index is 0.0476. The number of ether oxygens (including phenoxy) is 1. The van der Waals surface area contributed by atoms with E-state index in [9.17, 15) is 9.59 Å². The van der Waals surface area contributed by atoms with Gasteiger partial charge in [-0.05, 0) is 76.5 Å². The summed E-state index contributed by atoms with van der Waals surface area (Å²) in [6.45, 7) is 2.48. The molecular weight excluding hydrogens is 514 g/mol. The molecule has 0 bridgehead atoms. The van der Waals surface area contributed by atoms with Crippen LogP contribution in [-0.2, 0) is 11.2 Å². The standard InChI is InChI=1S/C26H26BrN3O3S/c1-2-7-24(31)28-20-10-6-11-21(17-20)29-26(34)30-25(32)19-12-13-23(22(27)16-19)33-15-14-18-8-4-3-5-9-18/h3-6,8-13,16-17H,2,7,14-15H2,1H3,(H,28,31)(H2,29,30,32,34). The van der Waals surface area contributed by atoms with Gasteiger partial charge in [0.2, 0.25) is 5.91 Å². The number of nitrogens with one attached hydrogen (secondary N) is 3. The maximum absolute atomic E-state index is 12.6. The van der Waals surface area contributed by atoms with E-state index in [4.69, 9.17) is 17.0 Å². The number of halogens is 1. The van der Waals surface area contributed by atoms with Gasteiger partial charge < -0.3 is 15.4 Å². The minimum Gasteiger partial charge on any atom is -0.492 e. The van der Waals surface area contributed by atoms with Gasteiger partial charge in [0, 0.05) is 29.8 Å². The van der Waals surface area contributed by atoms with Gasteiger partial charge >= 0.3 is 0 Å². The van der Waals surface area contributed by atoms with Crippen molar-refractivity contribution < 1.29 is 14.3 Å². The van der Waals surface area contributed by atoms with Crippen molar-refractivity contribution >= 4 is 56.4 Å². The van der Waals surface area contributed by atoms with Crippen molar-refractivity contribution in [1.82, 2.24) is 5.32 Å². The maximum Gasteiger partial charge on any atom is 0.257 e. The normalized spacial score (nSPS) is 10.3. The summed E-state index contributed by atoms with van der Waals surface area (Å²) in [5.74, 6) is 0.269. The highest BCUT2D eigenvalue weighted by atomic mass is 79.9. The molecule has 0 atom stereocenters. The highest BCUT2D eigenvalue weighted by molar-refractivity contribution is 9.10. The molecule has 176 valence electrons. The third-order valence-electron chi connectivity index (χ3n) is 4.79. The van der Waals surface area contributed by atoms with Gasteiger partial charge in [0.05, 0.1) is 11.1 Å². The van der Waals surface area contributed by atoms with E-state index in [1.54, 1.807) is 42.5 Å². The van der Waals surface area contributed by atoms with Crippen LogP contribution < -0.4 is 20.7 Å². The van der Waals surface area contributed by atoms with E-state index in [2.05, 4.69) is 44.0 Å². The maximum atomic E-state index is 12.6. The largest absolute Gasteiger partial charge is 0.492 e. The lowest BCUT2D eigenvalue weighted by atomic mass is 10.2. The Morgan fingerprint density at radius 1 is 0.941 bits per heavy atom. The molecule has 6 nitrogen and oxygen atoms in total. The van der Waals surface area contributed by atoms with Crippen LogP contribution in [-0.4, -0.2) is 23.5 Å². The molecule has 0 aromatic heterocycles. The molecule has 3 rings (SSSR count). The lowest BCUT2D eigenvalue weighted by Crippen LogP contribution is -2.34. The second kappa shape index (κ2) is 12.9. The molecule has 2 amide bonds. The molecule has 3 N–H and O–H groups in total. The predicted molar refractivity (Wildman–Crippen MR) is 143 cm³/mol. The van der Waals surface area contributed by atoms with Crippen molar-refractivity contribution in [1.29, 1.82) is 0 Å². The number of benzene rings is 3. The molecule has 8 heteroatoms. The second-order valence-corrected chi connectivity index (χ2v) is 8.78. The van der Waals surface area contributed by atoms with Crippen LogP contribution >= 0.6 is 28.1 Å². The van der Waals surface area contributed by atoms with Crippen molar-refractivity contribution in [2.45, 2.75) is 26.2 Å². The van der Waals surface area contributed by atoms with Crippen LogP contribution in [0.5, 0.6) is 5.75 Å². The van der Waals surface area contributed by atoms with Gasteiger partial charge in [0.25, 0.3) is 5.91 Å². The first-order chi connectivity index (χ1) is 16.4. The van der Waals surface area contributed by atoms with Crippen molar-refractivity contribution in [3.63, 3.8) is 0 Å². The highest BCUT2D eigenvalue weighted by Crippen LogP contribution is 2.26. The molecule has 0 fully saturated rings. The number of carbonyl (C=O) groups excluding carboxylic acids is 2. The van der Waals surface area contributed by atoms with Gasteiger partial charge in [0.15, 0.2) is 5.11 Å². The fraction of sp³-hybridized carbons (Fsp3) is 0.192. The number of anilines is 2. The molecule has 0 spiro atoms. The predicted octanol–water partition coefficient (Wildman–Crippen LogP) is 5.94. The molecule has 0 saturated carbocycles. The van der Waals surface area contributed by atoms with Gasteiger partial charge in [-0.3, -0.25) is 14.9 Å². The van der Waals surface area contributed by atoms with Gasteiger partial charge in [-0.1, -0.05) is 43.3 Å². The van der Waals surface area contributed by atoms with E-state index < -0.39 is 0 Å². The van der Waals surface area contributed by atoms with E-state index in [1.165, 1.54) is 5.56 Å². The van der Waals surface area contributed by atoms with Crippen LogP contribution in [0.2, 0.25) is 0 Å². The first-order valence-corrected chi connectivity index (χ1v) is 12.1. The van der Waals surface area contributed by atoms with Crippen LogP contribution in [0.15, 0.2) is 77.3 Å². The summed E-state index contributed by atoms with van der Waals surface area (Å²) in [5, 5.41) is 8.62. The number of hydrogen-bond donors (Lipinski definition) is 3. The Labute approximate surface area is 213 Å². The Kier molecular flexibility index (Phi) is 9.61. The van der Waals surface area contributed by atoms with Gasteiger partial charge in [-0.25, -0.2) is 0 Å². The Hall–Kier alpha value is -3.23. The van der Waals surface area contributed by atoms with Crippen LogP contribution in [0.25, 0.3) is 0 Å². The molecule has 34 heavy (non-hydrogen) atoms. The summed E-state index contributed by atoms with van der Waals surface area (Å²) >= 11 is 8.75. The first-order valence-electron chi connectivity index (χ1n) is 10.9. The van der Waals surface area contributed by atoms with Gasteiger partial charge in [0.1, 0.15) is 5.75 Å². The number of amides is 2. The van der Waals surface area contributed by atoms with Crippen molar-refractivity contribution in [3.8, 4) is 5.75 Å². The zero-order valence-corrected chi connectivity index (χ0v) is 21.2. The zero-order chi connectivity index (χ0) is 24.3. The molecule has 0 unspecified atom stereocenters. The highest BCUT2D eigenvalue weighted by Gasteiger charge is 2.12. The summed E-state index contributed by atoms with van der Waals surface area (Å²) in [4.78, 5) is 24.4. The van der Waals surface area contributed by atoms with Crippen molar-refractivity contribution in [2.75, 3.05) is 17.2 Å². The lowest BCUT2D eigenvalue weighted by molar-refractivity contribution is -0.116. The Balaban J connectivity index is 1.52. The number of thiocarbonyl (C=S) groups is 1. The lowest BCUT2D eigenvalue weighted by Gasteiger charge is -2.12. The molecule has 0 saturated heterocycles. The van der Waals surface area contributed by atoms with Gasteiger partial charge in [-0.15, -0.1) is 0 Å². The van der Waals surface area contributed by atoms with Gasteiger partial charge in [-0.2, -0.15) is 0 Å². The molecule has 3 aromatic rings. The fourth-order valence-corrected chi connectivity index (χ4v) is 3.85. The molecule has 0 aliphatic heterocycles. The van der Waals surface area contributed by atoms with Crippen LogP contribution in [0, 0.1) is 0 Å². The number of carbonyl (C=O) groups is 2. The molecule has 3 aromatic carbocycles.